The number of nitrogens with two attached hydrogens (primary N) is 1. The zero-order chi connectivity index (χ0) is 13.8. The summed E-state index contributed by atoms with van der Waals surface area (Å²) >= 11 is 5.70. The van der Waals surface area contributed by atoms with Gasteiger partial charge in [0, 0.05) is 10.6 Å². The van der Waals surface area contributed by atoms with Gasteiger partial charge in [0.2, 0.25) is 5.91 Å². The maximum atomic E-state index is 13.3. The molecule has 0 unspecified atom stereocenters. The van der Waals surface area contributed by atoms with Crippen molar-refractivity contribution in [1.29, 1.82) is 0 Å². The maximum absolute atomic E-state index is 13.3. The van der Waals surface area contributed by atoms with Gasteiger partial charge in [0.05, 0.1) is 19.5 Å². The number of benzene rings is 1. The Labute approximate surface area is 107 Å². The van der Waals surface area contributed by atoms with Crippen molar-refractivity contribution in [3.8, 4) is 0 Å². The molecule has 7 heteroatoms. The van der Waals surface area contributed by atoms with Crippen LogP contribution in [-0.2, 0) is 11.2 Å². The molecule has 3 N–H and O–H groups in total. The minimum absolute atomic E-state index is 0.0206. The standard InChI is InChI=1S/C11H12ClF3N2O/c12-8-2-1-3-9(13)7(8)4-10(18)17-6-11(14,15)5-16/h1-3H,4-6,16H2,(H,17,18). The van der Waals surface area contributed by atoms with Gasteiger partial charge in [-0.1, -0.05) is 17.7 Å². The van der Waals surface area contributed by atoms with Crippen molar-refractivity contribution in [3.63, 3.8) is 0 Å². The fourth-order valence-electron chi connectivity index (χ4n) is 1.22. The number of alkyl halides is 2. The lowest BCUT2D eigenvalue weighted by atomic mass is 10.1. The Bertz CT molecular complexity index is 420. The van der Waals surface area contributed by atoms with Crippen molar-refractivity contribution in [2.24, 2.45) is 5.73 Å². The number of rotatable bonds is 5. The Kier molecular flexibility index (Phi) is 4.98. The van der Waals surface area contributed by atoms with Gasteiger partial charge in [-0.25, -0.2) is 13.2 Å². The summed E-state index contributed by atoms with van der Waals surface area (Å²) in [6.45, 7) is -1.75. The summed E-state index contributed by atoms with van der Waals surface area (Å²) in [5.74, 6) is -4.56. The summed E-state index contributed by atoms with van der Waals surface area (Å²) in [5.41, 5.74) is 4.79. The largest absolute Gasteiger partial charge is 0.350 e. The molecule has 0 atom stereocenters. The molecule has 0 saturated heterocycles. The Balaban J connectivity index is 2.61. The molecule has 0 radical (unpaired) electrons. The van der Waals surface area contributed by atoms with E-state index in [1.807, 2.05) is 5.32 Å². The van der Waals surface area contributed by atoms with Gasteiger partial charge in [-0.2, -0.15) is 0 Å². The van der Waals surface area contributed by atoms with E-state index in [1.54, 1.807) is 0 Å². The second kappa shape index (κ2) is 6.06. The van der Waals surface area contributed by atoms with Crippen LogP contribution in [0.5, 0.6) is 0 Å². The van der Waals surface area contributed by atoms with Gasteiger partial charge in [-0.15, -0.1) is 0 Å². The number of halogens is 4. The molecule has 0 fully saturated rings. The molecule has 0 aliphatic heterocycles. The molecule has 0 aromatic heterocycles. The number of nitrogens with one attached hydrogen (secondary N) is 1. The summed E-state index contributed by atoms with van der Waals surface area (Å²) in [6, 6.07) is 3.95. The van der Waals surface area contributed by atoms with E-state index in [0.29, 0.717) is 0 Å². The molecule has 0 spiro atoms. The lowest BCUT2D eigenvalue weighted by molar-refractivity contribution is -0.122. The zero-order valence-electron chi connectivity index (χ0n) is 9.35. The first-order valence-corrected chi connectivity index (χ1v) is 5.51. The second-order valence-corrected chi connectivity index (χ2v) is 4.12. The molecule has 0 saturated carbocycles. The molecule has 0 bridgehead atoms. The van der Waals surface area contributed by atoms with Crippen molar-refractivity contribution in [3.05, 3.63) is 34.6 Å². The van der Waals surface area contributed by atoms with Gasteiger partial charge < -0.3 is 11.1 Å². The first-order valence-electron chi connectivity index (χ1n) is 5.13. The number of hydrogen-bond donors (Lipinski definition) is 2. The van der Waals surface area contributed by atoms with E-state index >= 15 is 0 Å². The van der Waals surface area contributed by atoms with Crippen LogP contribution in [-0.4, -0.2) is 24.9 Å². The van der Waals surface area contributed by atoms with Crippen molar-refractivity contribution < 1.29 is 18.0 Å². The molecule has 3 nitrogen and oxygen atoms in total. The van der Waals surface area contributed by atoms with Gasteiger partial charge in [0.1, 0.15) is 5.82 Å². The molecular formula is C11H12ClF3N2O. The van der Waals surface area contributed by atoms with Crippen LogP contribution in [0.4, 0.5) is 13.2 Å². The highest BCUT2D eigenvalue weighted by molar-refractivity contribution is 6.31. The number of amides is 1. The summed E-state index contributed by atoms with van der Waals surface area (Å²) in [7, 11) is 0. The molecule has 1 aromatic carbocycles. The second-order valence-electron chi connectivity index (χ2n) is 3.71. The van der Waals surface area contributed by atoms with Gasteiger partial charge in [0.15, 0.2) is 0 Å². The zero-order valence-corrected chi connectivity index (χ0v) is 10.1. The third-order valence-corrected chi connectivity index (χ3v) is 2.60. The summed E-state index contributed by atoms with van der Waals surface area (Å²) in [4.78, 5) is 11.4. The average molecular weight is 281 g/mol. The Morgan fingerprint density at radius 3 is 2.67 bits per heavy atom. The quantitative estimate of drug-likeness (QED) is 0.863. The van der Waals surface area contributed by atoms with Crippen LogP contribution >= 0.6 is 11.6 Å². The van der Waals surface area contributed by atoms with E-state index in [-0.39, 0.29) is 10.6 Å². The highest BCUT2D eigenvalue weighted by Crippen LogP contribution is 2.19. The maximum Gasteiger partial charge on any atom is 0.277 e. The predicted molar refractivity (Wildman–Crippen MR) is 62.1 cm³/mol. The van der Waals surface area contributed by atoms with Crippen LogP contribution in [0.3, 0.4) is 0 Å². The molecule has 100 valence electrons. The van der Waals surface area contributed by atoms with Crippen molar-refractivity contribution in [2.45, 2.75) is 12.3 Å². The summed E-state index contributed by atoms with van der Waals surface area (Å²) in [5, 5.41) is 2.06. The fraction of sp³-hybridized carbons (Fsp3) is 0.364. The number of hydrogen-bond acceptors (Lipinski definition) is 2. The van der Waals surface area contributed by atoms with Crippen LogP contribution in [0.2, 0.25) is 5.02 Å². The van der Waals surface area contributed by atoms with Crippen LogP contribution in [0.15, 0.2) is 18.2 Å². The fourth-order valence-corrected chi connectivity index (χ4v) is 1.45. The smallest absolute Gasteiger partial charge is 0.277 e. The molecule has 1 amide bonds. The van der Waals surface area contributed by atoms with Gasteiger partial charge in [0.25, 0.3) is 5.92 Å². The Morgan fingerprint density at radius 1 is 1.44 bits per heavy atom. The topological polar surface area (TPSA) is 55.1 Å². The van der Waals surface area contributed by atoms with Gasteiger partial charge >= 0.3 is 0 Å². The van der Waals surface area contributed by atoms with Gasteiger partial charge in [-0.05, 0) is 12.1 Å². The normalized spacial score (nSPS) is 11.4. The average Bonchev–Trinajstić information content (AvgIpc) is 2.32. The lowest BCUT2D eigenvalue weighted by Gasteiger charge is -2.14. The Hall–Kier alpha value is -1.27. The van der Waals surface area contributed by atoms with Crippen molar-refractivity contribution >= 4 is 17.5 Å². The first-order chi connectivity index (χ1) is 8.35. The predicted octanol–water partition coefficient (Wildman–Crippen LogP) is 1.73. The minimum atomic E-state index is -3.17. The van der Waals surface area contributed by atoms with Crippen LogP contribution in [0.25, 0.3) is 0 Å². The van der Waals surface area contributed by atoms with E-state index in [9.17, 15) is 18.0 Å². The van der Waals surface area contributed by atoms with E-state index in [0.717, 1.165) is 6.07 Å². The number of carbonyl (C=O) groups excluding carboxylic acids is 1. The molecule has 18 heavy (non-hydrogen) atoms. The molecule has 0 heterocycles. The van der Waals surface area contributed by atoms with Crippen molar-refractivity contribution in [1.82, 2.24) is 5.32 Å². The van der Waals surface area contributed by atoms with E-state index in [1.165, 1.54) is 12.1 Å². The highest BCUT2D eigenvalue weighted by atomic mass is 35.5. The first kappa shape index (κ1) is 14.8. The molecule has 0 aliphatic carbocycles. The third kappa shape index (κ3) is 4.19. The van der Waals surface area contributed by atoms with Crippen LogP contribution in [0, 0.1) is 5.82 Å². The monoisotopic (exact) mass is 280 g/mol. The molecule has 1 rings (SSSR count). The number of carbonyl (C=O) groups is 1. The van der Waals surface area contributed by atoms with E-state index in [2.05, 4.69) is 0 Å². The van der Waals surface area contributed by atoms with E-state index < -0.39 is 37.2 Å². The lowest BCUT2D eigenvalue weighted by Crippen LogP contribution is -2.42. The van der Waals surface area contributed by atoms with Crippen LogP contribution < -0.4 is 11.1 Å². The SMILES string of the molecule is NCC(F)(F)CNC(=O)Cc1c(F)cccc1Cl. The molecular weight excluding hydrogens is 269 g/mol. The van der Waals surface area contributed by atoms with Gasteiger partial charge in [-0.3, -0.25) is 4.79 Å². The van der Waals surface area contributed by atoms with E-state index in [4.69, 9.17) is 17.3 Å². The molecule has 0 aliphatic rings. The van der Waals surface area contributed by atoms with Crippen LogP contribution in [0.1, 0.15) is 5.56 Å². The Morgan fingerprint density at radius 2 is 2.11 bits per heavy atom. The minimum Gasteiger partial charge on any atom is -0.350 e. The highest BCUT2D eigenvalue weighted by Gasteiger charge is 2.27. The summed E-state index contributed by atoms with van der Waals surface area (Å²) in [6.07, 6.45) is -0.397. The van der Waals surface area contributed by atoms with Crippen molar-refractivity contribution in [2.75, 3.05) is 13.1 Å². The third-order valence-electron chi connectivity index (χ3n) is 2.24. The summed E-state index contributed by atoms with van der Waals surface area (Å²) < 4.78 is 38.9. The molecule has 1 aromatic rings.